The number of halogens is 3. The Morgan fingerprint density at radius 2 is 1.75 bits per heavy atom. The van der Waals surface area contributed by atoms with Crippen molar-refractivity contribution >= 4 is 34.0 Å². The molecule has 1 aliphatic carbocycles. The molecule has 1 fully saturated rings. The van der Waals surface area contributed by atoms with E-state index in [0.717, 1.165) is 54.0 Å². The molecule has 0 spiro atoms. The molecule has 2 heterocycles. The fourth-order valence-electron chi connectivity index (χ4n) is 3.76. The molecule has 1 saturated carbocycles. The van der Waals surface area contributed by atoms with E-state index in [1.165, 1.54) is 11.1 Å². The third-order valence-corrected chi connectivity index (χ3v) is 6.85. The van der Waals surface area contributed by atoms with Crippen LogP contribution in [-0.2, 0) is 16.1 Å². The third kappa shape index (κ3) is 7.51. The van der Waals surface area contributed by atoms with Crippen LogP contribution in [0.3, 0.4) is 0 Å². The summed E-state index contributed by atoms with van der Waals surface area (Å²) in [5, 5.41) is 14.4. The standard InChI is InChI=1S/C23H26N4OS.C2HF3O2/c1-15-7-8-19(13-20(15)25-14-17-9-11-24-12-10-17)21-16(2)26-23(29-21)27-22(28)18-5-3-4-6-18;3-2(4,5)1(6)7/h7-13,18,25H,3-6,14H2,1-2H3,(H,26,27,28);(H,6,7). The lowest BCUT2D eigenvalue weighted by Crippen LogP contribution is -2.21. The summed E-state index contributed by atoms with van der Waals surface area (Å²) in [7, 11) is 0. The third-order valence-electron chi connectivity index (χ3n) is 5.73. The van der Waals surface area contributed by atoms with Gasteiger partial charge in [-0.25, -0.2) is 9.78 Å². The average Bonchev–Trinajstić information content (AvgIpc) is 3.49. The molecule has 0 atom stereocenters. The number of carboxylic acid groups (broad SMARTS) is 1. The molecule has 0 aliphatic heterocycles. The van der Waals surface area contributed by atoms with E-state index in [1.807, 2.05) is 31.5 Å². The second-order valence-electron chi connectivity index (χ2n) is 8.45. The monoisotopic (exact) mass is 520 g/mol. The Kier molecular flexibility index (Phi) is 9.03. The van der Waals surface area contributed by atoms with Gasteiger partial charge in [0.05, 0.1) is 10.6 Å². The fourth-order valence-corrected chi connectivity index (χ4v) is 4.73. The molecule has 0 radical (unpaired) electrons. The number of hydrogen-bond acceptors (Lipinski definition) is 6. The Bertz CT molecular complexity index is 1190. The molecular formula is C25H27F3N4O3S. The van der Waals surface area contributed by atoms with Gasteiger partial charge >= 0.3 is 12.1 Å². The Hall–Kier alpha value is -3.47. The molecule has 192 valence electrons. The minimum Gasteiger partial charge on any atom is -0.475 e. The number of rotatable bonds is 6. The molecule has 2 aromatic heterocycles. The van der Waals surface area contributed by atoms with E-state index in [1.54, 1.807) is 11.3 Å². The normalized spacial score (nSPS) is 13.6. The summed E-state index contributed by atoms with van der Waals surface area (Å²) in [6.45, 7) is 4.85. The molecule has 3 N–H and O–H groups in total. The average molecular weight is 521 g/mol. The summed E-state index contributed by atoms with van der Waals surface area (Å²) in [5.74, 6) is -2.50. The Labute approximate surface area is 210 Å². The zero-order valence-electron chi connectivity index (χ0n) is 19.9. The van der Waals surface area contributed by atoms with Crippen LogP contribution in [0.4, 0.5) is 24.0 Å². The molecule has 0 unspecified atom stereocenters. The number of carboxylic acids is 1. The molecule has 4 rings (SSSR count). The van der Waals surface area contributed by atoms with Crippen LogP contribution in [-0.4, -0.2) is 33.1 Å². The maximum atomic E-state index is 12.4. The summed E-state index contributed by atoms with van der Waals surface area (Å²) in [5.41, 5.74) is 5.55. The predicted octanol–water partition coefficient (Wildman–Crippen LogP) is 6.20. The number of nitrogens with zero attached hydrogens (tertiary/aromatic N) is 2. The van der Waals surface area contributed by atoms with Crippen LogP contribution in [0.5, 0.6) is 0 Å². The first-order chi connectivity index (χ1) is 17.0. The number of carbonyl (C=O) groups excluding carboxylic acids is 1. The zero-order valence-corrected chi connectivity index (χ0v) is 20.7. The van der Waals surface area contributed by atoms with Crippen molar-refractivity contribution in [3.05, 3.63) is 59.5 Å². The summed E-state index contributed by atoms with van der Waals surface area (Å²) in [4.78, 5) is 31.1. The number of anilines is 2. The van der Waals surface area contributed by atoms with Gasteiger partial charge in [0.1, 0.15) is 0 Å². The van der Waals surface area contributed by atoms with Crippen molar-refractivity contribution in [3.8, 4) is 10.4 Å². The van der Waals surface area contributed by atoms with E-state index >= 15 is 0 Å². The molecule has 0 saturated heterocycles. The van der Waals surface area contributed by atoms with Crippen molar-refractivity contribution in [1.29, 1.82) is 0 Å². The van der Waals surface area contributed by atoms with Crippen molar-refractivity contribution in [2.45, 2.75) is 52.3 Å². The highest BCUT2D eigenvalue weighted by atomic mass is 32.1. The number of aliphatic carboxylic acids is 1. The van der Waals surface area contributed by atoms with Gasteiger partial charge in [0.15, 0.2) is 5.13 Å². The largest absolute Gasteiger partial charge is 0.490 e. The van der Waals surface area contributed by atoms with Crippen LogP contribution in [0.15, 0.2) is 42.7 Å². The molecule has 36 heavy (non-hydrogen) atoms. The van der Waals surface area contributed by atoms with E-state index in [0.29, 0.717) is 5.13 Å². The van der Waals surface area contributed by atoms with Crippen LogP contribution in [0.2, 0.25) is 0 Å². The van der Waals surface area contributed by atoms with E-state index in [9.17, 15) is 18.0 Å². The van der Waals surface area contributed by atoms with Crippen LogP contribution in [0.1, 0.15) is 42.5 Å². The lowest BCUT2D eigenvalue weighted by atomic mass is 10.1. The lowest BCUT2D eigenvalue weighted by Gasteiger charge is -2.11. The van der Waals surface area contributed by atoms with Gasteiger partial charge < -0.3 is 15.7 Å². The summed E-state index contributed by atoms with van der Waals surface area (Å²) in [6, 6.07) is 10.4. The van der Waals surface area contributed by atoms with Crippen molar-refractivity contribution < 1.29 is 27.9 Å². The van der Waals surface area contributed by atoms with Gasteiger partial charge in [-0.2, -0.15) is 13.2 Å². The molecule has 7 nitrogen and oxygen atoms in total. The minimum absolute atomic E-state index is 0.117. The van der Waals surface area contributed by atoms with Crippen molar-refractivity contribution in [2.75, 3.05) is 10.6 Å². The zero-order chi connectivity index (χ0) is 26.3. The first kappa shape index (κ1) is 27.1. The van der Waals surface area contributed by atoms with Gasteiger partial charge in [0.2, 0.25) is 5.91 Å². The maximum absolute atomic E-state index is 12.4. The van der Waals surface area contributed by atoms with Gasteiger partial charge in [-0.3, -0.25) is 9.78 Å². The Morgan fingerprint density at radius 1 is 1.11 bits per heavy atom. The molecule has 1 aromatic carbocycles. The number of nitrogens with one attached hydrogen (secondary N) is 2. The molecule has 1 amide bonds. The van der Waals surface area contributed by atoms with E-state index in [-0.39, 0.29) is 11.8 Å². The van der Waals surface area contributed by atoms with Crippen LogP contribution in [0.25, 0.3) is 10.4 Å². The highest BCUT2D eigenvalue weighted by Gasteiger charge is 2.38. The van der Waals surface area contributed by atoms with Crippen molar-refractivity contribution in [2.24, 2.45) is 5.92 Å². The lowest BCUT2D eigenvalue weighted by molar-refractivity contribution is -0.192. The van der Waals surface area contributed by atoms with Gasteiger partial charge in [-0.1, -0.05) is 36.3 Å². The Balaban J connectivity index is 0.000000454. The van der Waals surface area contributed by atoms with Crippen molar-refractivity contribution in [1.82, 2.24) is 9.97 Å². The molecule has 11 heteroatoms. The number of alkyl halides is 3. The van der Waals surface area contributed by atoms with Crippen LogP contribution < -0.4 is 10.6 Å². The van der Waals surface area contributed by atoms with Crippen LogP contribution in [0, 0.1) is 19.8 Å². The van der Waals surface area contributed by atoms with Gasteiger partial charge in [-0.05, 0) is 61.6 Å². The fraction of sp³-hybridized carbons (Fsp3) is 0.360. The second kappa shape index (κ2) is 12.0. The molecule has 0 bridgehead atoms. The summed E-state index contributed by atoms with van der Waals surface area (Å²) in [6.07, 6.45) is 2.82. The van der Waals surface area contributed by atoms with Gasteiger partial charge in [-0.15, -0.1) is 0 Å². The Morgan fingerprint density at radius 3 is 2.36 bits per heavy atom. The van der Waals surface area contributed by atoms with Gasteiger partial charge in [0, 0.05) is 30.5 Å². The number of carbonyl (C=O) groups is 2. The highest BCUT2D eigenvalue weighted by Crippen LogP contribution is 2.35. The predicted molar refractivity (Wildman–Crippen MR) is 133 cm³/mol. The van der Waals surface area contributed by atoms with E-state index < -0.39 is 12.1 Å². The highest BCUT2D eigenvalue weighted by molar-refractivity contribution is 7.19. The number of benzene rings is 1. The molecule has 1 aliphatic rings. The van der Waals surface area contributed by atoms with E-state index in [4.69, 9.17) is 9.90 Å². The number of thiazole rings is 1. The molecular weight excluding hydrogens is 493 g/mol. The molecule has 3 aromatic rings. The summed E-state index contributed by atoms with van der Waals surface area (Å²) < 4.78 is 31.7. The SMILES string of the molecule is Cc1ccc(-c2sc(NC(=O)C3CCCC3)nc2C)cc1NCc1ccncc1.O=C(O)C(F)(F)F. The van der Waals surface area contributed by atoms with Gasteiger partial charge in [0.25, 0.3) is 0 Å². The number of hydrogen-bond donors (Lipinski definition) is 3. The van der Waals surface area contributed by atoms with Crippen molar-refractivity contribution in [3.63, 3.8) is 0 Å². The second-order valence-corrected chi connectivity index (χ2v) is 9.44. The van der Waals surface area contributed by atoms with E-state index in [2.05, 4.69) is 45.7 Å². The first-order valence-electron chi connectivity index (χ1n) is 11.4. The number of pyridine rings is 1. The first-order valence-corrected chi connectivity index (χ1v) is 12.2. The number of aryl methyl sites for hydroxylation is 2. The minimum atomic E-state index is -5.08. The smallest absolute Gasteiger partial charge is 0.475 e. The topological polar surface area (TPSA) is 104 Å². The quantitative estimate of drug-likeness (QED) is 0.358. The maximum Gasteiger partial charge on any atom is 0.490 e. The van der Waals surface area contributed by atoms with Crippen LogP contribution >= 0.6 is 11.3 Å². The number of amides is 1. The summed E-state index contributed by atoms with van der Waals surface area (Å²) >= 11 is 1.55. The number of aromatic nitrogens is 2.